The second-order valence-corrected chi connectivity index (χ2v) is 7.35. The summed E-state index contributed by atoms with van der Waals surface area (Å²) in [6, 6.07) is 18.8. The Kier molecular flexibility index (Phi) is 5.36. The quantitative estimate of drug-likeness (QED) is 0.916. The number of rotatable bonds is 4. The molecule has 0 radical (unpaired) electrons. The number of piperidine rings is 1. The lowest BCUT2D eigenvalue weighted by atomic mass is 9.84. The van der Waals surface area contributed by atoms with Crippen LogP contribution in [0.2, 0.25) is 0 Å². The predicted molar refractivity (Wildman–Crippen MR) is 101 cm³/mol. The Morgan fingerprint density at radius 3 is 2.35 bits per heavy atom. The Morgan fingerprint density at radius 1 is 0.962 bits per heavy atom. The first-order valence-corrected chi connectivity index (χ1v) is 9.51. The summed E-state index contributed by atoms with van der Waals surface area (Å²) in [4.78, 5) is 2.42. The van der Waals surface area contributed by atoms with Gasteiger partial charge in [-0.3, -0.25) is 4.90 Å². The summed E-state index contributed by atoms with van der Waals surface area (Å²) < 4.78 is 11.2. The number of aliphatic hydroxyl groups is 1. The topological polar surface area (TPSA) is 41.9 Å². The first kappa shape index (κ1) is 17.7. The normalized spacial score (nSPS) is 23.7. The van der Waals surface area contributed by atoms with Crippen molar-refractivity contribution in [2.24, 2.45) is 0 Å². The highest BCUT2D eigenvalue weighted by Crippen LogP contribution is 2.34. The van der Waals surface area contributed by atoms with Crippen LogP contribution in [0, 0.1) is 0 Å². The molecule has 0 amide bonds. The second-order valence-electron chi connectivity index (χ2n) is 7.35. The third-order valence-corrected chi connectivity index (χ3v) is 5.57. The summed E-state index contributed by atoms with van der Waals surface area (Å²) in [5, 5.41) is 11.1. The summed E-state index contributed by atoms with van der Waals surface area (Å²) >= 11 is 0. The van der Waals surface area contributed by atoms with Crippen molar-refractivity contribution in [1.29, 1.82) is 0 Å². The highest BCUT2D eigenvalue weighted by Gasteiger charge is 2.34. The van der Waals surface area contributed by atoms with Crippen LogP contribution in [0.3, 0.4) is 0 Å². The Bertz CT molecular complexity index is 687. The fraction of sp³-hybridized carbons (Fsp3) is 0.455. The van der Waals surface area contributed by atoms with E-state index in [-0.39, 0.29) is 6.10 Å². The molecule has 2 saturated heterocycles. The molecule has 2 aliphatic heterocycles. The van der Waals surface area contributed by atoms with Crippen LogP contribution in [0.1, 0.15) is 35.6 Å². The zero-order valence-electron chi connectivity index (χ0n) is 15.1. The molecular weight excluding hydrogens is 326 g/mol. The molecule has 138 valence electrons. The summed E-state index contributed by atoms with van der Waals surface area (Å²) in [5.74, 6) is 0. The van der Waals surface area contributed by atoms with Gasteiger partial charge in [0.05, 0.1) is 25.4 Å². The number of likely N-dealkylation sites (tertiary alicyclic amines) is 1. The standard InChI is InChI=1S/C22H27NO3/c24-22(10-12-23(13-11-22)16-18-4-2-1-3-5-18)20-8-6-19(7-9-20)21-17-25-14-15-26-21/h1-9,21,24H,10-17H2. The summed E-state index contributed by atoms with van der Waals surface area (Å²) in [5.41, 5.74) is 2.74. The average Bonchev–Trinajstić information content (AvgIpc) is 2.71. The van der Waals surface area contributed by atoms with Crippen LogP contribution in [0.5, 0.6) is 0 Å². The van der Waals surface area contributed by atoms with Crippen molar-refractivity contribution < 1.29 is 14.6 Å². The fourth-order valence-electron chi connectivity index (χ4n) is 3.90. The summed E-state index contributed by atoms with van der Waals surface area (Å²) in [6.45, 7) is 4.70. The van der Waals surface area contributed by atoms with Gasteiger partial charge in [-0.15, -0.1) is 0 Å². The Morgan fingerprint density at radius 2 is 1.69 bits per heavy atom. The van der Waals surface area contributed by atoms with E-state index in [0.717, 1.165) is 43.6 Å². The summed E-state index contributed by atoms with van der Waals surface area (Å²) in [7, 11) is 0. The van der Waals surface area contributed by atoms with E-state index >= 15 is 0 Å². The molecule has 1 N–H and O–H groups in total. The van der Waals surface area contributed by atoms with Crippen molar-refractivity contribution in [3.63, 3.8) is 0 Å². The zero-order valence-corrected chi connectivity index (χ0v) is 15.1. The lowest BCUT2D eigenvalue weighted by Crippen LogP contribution is -2.42. The first-order chi connectivity index (χ1) is 12.7. The van der Waals surface area contributed by atoms with Crippen molar-refractivity contribution in [1.82, 2.24) is 4.90 Å². The number of hydrogen-bond donors (Lipinski definition) is 1. The van der Waals surface area contributed by atoms with Crippen molar-refractivity contribution in [3.05, 3.63) is 71.3 Å². The molecule has 0 spiro atoms. The zero-order chi connectivity index (χ0) is 17.8. The minimum absolute atomic E-state index is 0.0140. The third-order valence-electron chi connectivity index (χ3n) is 5.57. The Labute approximate surface area is 155 Å². The first-order valence-electron chi connectivity index (χ1n) is 9.51. The molecule has 0 saturated carbocycles. The van der Waals surface area contributed by atoms with Crippen molar-refractivity contribution in [2.45, 2.75) is 31.1 Å². The van der Waals surface area contributed by atoms with Crippen LogP contribution in [-0.4, -0.2) is 42.9 Å². The molecule has 4 nitrogen and oxygen atoms in total. The molecule has 2 fully saturated rings. The predicted octanol–water partition coefficient (Wildman–Crippen LogP) is 3.26. The fourth-order valence-corrected chi connectivity index (χ4v) is 3.90. The number of ether oxygens (including phenoxy) is 2. The molecule has 2 heterocycles. The lowest BCUT2D eigenvalue weighted by molar-refractivity contribution is -0.0902. The maximum absolute atomic E-state index is 11.1. The highest BCUT2D eigenvalue weighted by atomic mass is 16.6. The Balaban J connectivity index is 1.37. The van der Waals surface area contributed by atoms with E-state index in [0.29, 0.717) is 19.8 Å². The molecular formula is C22H27NO3. The molecule has 0 aromatic heterocycles. The van der Waals surface area contributed by atoms with Gasteiger partial charge in [-0.25, -0.2) is 0 Å². The molecule has 26 heavy (non-hydrogen) atoms. The molecule has 2 aromatic carbocycles. The molecule has 0 aliphatic carbocycles. The van der Waals surface area contributed by atoms with Gasteiger partial charge >= 0.3 is 0 Å². The third kappa shape index (κ3) is 3.99. The van der Waals surface area contributed by atoms with Gasteiger partial charge in [-0.05, 0) is 29.5 Å². The van der Waals surface area contributed by atoms with E-state index in [9.17, 15) is 5.11 Å². The average molecular weight is 353 g/mol. The van der Waals surface area contributed by atoms with Gasteiger partial charge in [0.25, 0.3) is 0 Å². The lowest BCUT2D eigenvalue weighted by Gasteiger charge is -2.38. The minimum Gasteiger partial charge on any atom is -0.385 e. The highest BCUT2D eigenvalue weighted by molar-refractivity contribution is 5.29. The van der Waals surface area contributed by atoms with Gasteiger partial charge in [-0.2, -0.15) is 0 Å². The van der Waals surface area contributed by atoms with Crippen LogP contribution in [-0.2, 0) is 21.6 Å². The van der Waals surface area contributed by atoms with Gasteiger partial charge in [0.2, 0.25) is 0 Å². The minimum atomic E-state index is -0.727. The smallest absolute Gasteiger partial charge is 0.106 e. The van der Waals surface area contributed by atoms with Gasteiger partial charge in [-0.1, -0.05) is 54.6 Å². The molecule has 4 rings (SSSR count). The van der Waals surface area contributed by atoms with E-state index in [1.165, 1.54) is 5.56 Å². The number of nitrogens with zero attached hydrogens (tertiary/aromatic N) is 1. The molecule has 2 aromatic rings. The van der Waals surface area contributed by atoms with Gasteiger partial charge in [0.1, 0.15) is 6.10 Å². The van der Waals surface area contributed by atoms with Crippen LogP contribution in [0.15, 0.2) is 54.6 Å². The molecule has 1 unspecified atom stereocenters. The van der Waals surface area contributed by atoms with Crippen LogP contribution >= 0.6 is 0 Å². The Hall–Kier alpha value is -1.72. The van der Waals surface area contributed by atoms with Crippen molar-refractivity contribution in [2.75, 3.05) is 32.9 Å². The van der Waals surface area contributed by atoms with E-state index in [2.05, 4.69) is 53.4 Å². The van der Waals surface area contributed by atoms with E-state index in [1.54, 1.807) is 0 Å². The van der Waals surface area contributed by atoms with E-state index < -0.39 is 5.60 Å². The molecule has 2 aliphatic rings. The molecule has 4 heteroatoms. The molecule has 0 bridgehead atoms. The maximum atomic E-state index is 11.1. The van der Waals surface area contributed by atoms with Gasteiger partial charge in [0.15, 0.2) is 0 Å². The molecule has 1 atom stereocenters. The van der Waals surface area contributed by atoms with Crippen LogP contribution in [0.25, 0.3) is 0 Å². The SMILES string of the molecule is OC1(c2ccc(C3COCCO3)cc2)CCN(Cc2ccccc2)CC1. The van der Waals surface area contributed by atoms with Crippen molar-refractivity contribution in [3.8, 4) is 0 Å². The van der Waals surface area contributed by atoms with Gasteiger partial charge < -0.3 is 14.6 Å². The number of benzene rings is 2. The monoisotopic (exact) mass is 353 g/mol. The van der Waals surface area contributed by atoms with E-state index in [1.807, 2.05) is 6.07 Å². The van der Waals surface area contributed by atoms with Crippen LogP contribution in [0.4, 0.5) is 0 Å². The van der Waals surface area contributed by atoms with Gasteiger partial charge in [0, 0.05) is 19.6 Å². The van der Waals surface area contributed by atoms with Crippen molar-refractivity contribution >= 4 is 0 Å². The maximum Gasteiger partial charge on any atom is 0.106 e. The van der Waals surface area contributed by atoms with E-state index in [4.69, 9.17) is 9.47 Å². The number of hydrogen-bond acceptors (Lipinski definition) is 4. The second kappa shape index (κ2) is 7.89. The largest absolute Gasteiger partial charge is 0.385 e. The van der Waals surface area contributed by atoms with Crippen LogP contribution < -0.4 is 0 Å². The summed E-state index contributed by atoms with van der Waals surface area (Å²) in [6.07, 6.45) is 1.55.